The maximum absolute atomic E-state index is 4.58. The third-order valence-corrected chi connectivity index (χ3v) is 2.97. The van der Waals surface area contributed by atoms with Gasteiger partial charge in [0, 0.05) is 12.3 Å². The van der Waals surface area contributed by atoms with Crippen LogP contribution in [0.3, 0.4) is 0 Å². The number of aliphatic imine (C=N–C) groups is 1. The molecule has 0 aliphatic carbocycles. The molecule has 2 rings (SSSR count). The molecule has 0 amide bonds. The van der Waals surface area contributed by atoms with Crippen LogP contribution in [0.5, 0.6) is 0 Å². The Labute approximate surface area is 109 Å². The van der Waals surface area contributed by atoms with E-state index in [0.717, 1.165) is 12.8 Å². The molecule has 1 atom stereocenters. The van der Waals surface area contributed by atoms with E-state index < -0.39 is 0 Å². The normalized spacial score (nSPS) is 12.7. The second-order valence-electron chi connectivity index (χ2n) is 4.56. The number of nitrogens with zero attached hydrogens (tertiary/aromatic N) is 1. The largest absolute Gasteiger partial charge is 0.290 e. The Bertz CT molecular complexity index is 473. The predicted octanol–water partition coefficient (Wildman–Crippen LogP) is 4.13. The first-order valence-corrected chi connectivity index (χ1v) is 6.47. The summed E-state index contributed by atoms with van der Waals surface area (Å²) < 4.78 is 0. The molecule has 2 aromatic carbocycles. The smallest absolute Gasteiger partial charge is 0.0474 e. The molecule has 18 heavy (non-hydrogen) atoms. The molecular weight excluding hydrogens is 218 g/mol. The minimum Gasteiger partial charge on any atom is -0.290 e. The Morgan fingerprint density at radius 3 is 2.22 bits per heavy atom. The van der Waals surface area contributed by atoms with Gasteiger partial charge in [0.05, 0.1) is 0 Å². The minimum atomic E-state index is 0.366. The van der Waals surface area contributed by atoms with Crippen LogP contribution in [-0.4, -0.2) is 12.3 Å². The molecule has 0 aliphatic rings. The van der Waals surface area contributed by atoms with Crippen molar-refractivity contribution in [2.75, 3.05) is 0 Å². The van der Waals surface area contributed by atoms with E-state index in [1.54, 1.807) is 0 Å². The summed E-state index contributed by atoms with van der Waals surface area (Å²) in [5.74, 6) is 0. The highest BCUT2D eigenvalue weighted by Crippen LogP contribution is 2.07. The van der Waals surface area contributed by atoms with Gasteiger partial charge in [0.15, 0.2) is 0 Å². The van der Waals surface area contributed by atoms with Crippen LogP contribution in [0.25, 0.3) is 0 Å². The predicted molar refractivity (Wildman–Crippen MR) is 78.3 cm³/mol. The summed E-state index contributed by atoms with van der Waals surface area (Å²) in [7, 11) is 0. The van der Waals surface area contributed by atoms with E-state index in [0.29, 0.717) is 6.04 Å². The van der Waals surface area contributed by atoms with E-state index in [1.165, 1.54) is 11.1 Å². The van der Waals surface area contributed by atoms with Crippen LogP contribution in [0, 0.1) is 0 Å². The molecule has 0 aliphatic heterocycles. The van der Waals surface area contributed by atoms with Gasteiger partial charge in [-0.25, -0.2) is 0 Å². The zero-order valence-electron chi connectivity index (χ0n) is 10.8. The third-order valence-electron chi connectivity index (χ3n) is 2.97. The summed E-state index contributed by atoms with van der Waals surface area (Å²) in [6.07, 6.45) is 4.15. The molecule has 0 aromatic heterocycles. The zero-order valence-corrected chi connectivity index (χ0v) is 10.8. The molecule has 0 saturated carbocycles. The van der Waals surface area contributed by atoms with E-state index in [2.05, 4.69) is 54.4 Å². The lowest BCUT2D eigenvalue weighted by molar-refractivity contribution is 0.671. The van der Waals surface area contributed by atoms with Crippen molar-refractivity contribution >= 4 is 6.21 Å². The van der Waals surface area contributed by atoms with Gasteiger partial charge in [-0.2, -0.15) is 0 Å². The van der Waals surface area contributed by atoms with Gasteiger partial charge in [-0.3, -0.25) is 4.99 Å². The van der Waals surface area contributed by atoms with Gasteiger partial charge in [-0.15, -0.1) is 0 Å². The lowest BCUT2D eigenvalue weighted by atomic mass is 10.1. The molecule has 0 N–H and O–H groups in total. The zero-order chi connectivity index (χ0) is 12.6. The Morgan fingerprint density at radius 2 is 1.56 bits per heavy atom. The highest BCUT2D eigenvalue weighted by molar-refractivity contribution is 5.79. The van der Waals surface area contributed by atoms with Crippen molar-refractivity contribution in [3.05, 3.63) is 71.8 Å². The van der Waals surface area contributed by atoms with Crippen molar-refractivity contribution in [1.82, 2.24) is 0 Å². The highest BCUT2D eigenvalue weighted by atomic mass is 14.7. The Morgan fingerprint density at radius 1 is 0.944 bits per heavy atom. The van der Waals surface area contributed by atoms with E-state index in [9.17, 15) is 0 Å². The molecule has 0 heterocycles. The van der Waals surface area contributed by atoms with E-state index in [-0.39, 0.29) is 0 Å². The second kappa shape index (κ2) is 6.75. The first-order valence-electron chi connectivity index (χ1n) is 6.47. The standard InChI is InChI=1S/C17H19N/c1-15(12-13-16-8-4-2-5-9-16)18-14-17-10-6-3-7-11-17/h2-11,14-15H,12-13H2,1H3. The van der Waals surface area contributed by atoms with Crippen LogP contribution >= 0.6 is 0 Å². The molecule has 1 nitrogen and oxygen atoms in total. The van der Waals surface area contributed by atoms with E-state index >= 15 is 0 Å². The molecule has 0 radical (unpaired) electrons. The lowest BCUT2D eigenvalue weighted by Crippen LogP contribution is -2.01. The first-order chi connectivity index (χ1) is 8.84. The lowest BCUT2D eigenvalue weighted by Gasteiger charge is -2.06. The van der Waals surface area contributed by atoms with Crippen molar-refractivity contribution in [3.63, 3.8) is 0 Å². The van der Waals surface area contributed by atoms with Gasteiger partial charge < -0.3 is 0 Å². The third kappa shape index (κ3) is 4.17. The average molecular weight is 237 g/mol. The monoisotopic (exact) mass is 237 g/mol. The Kier molecular flexibility index (Phi) is 4.71. The van der Waals surface area contributed by atoms with Gasteiger partial charge in [0.25, 0.3) is 0 Å². The maximum atomic E-state index is 4.58. The van der Waals surface area contributed by atoms with Gasteiger partial charge in [-0.05, 0) is 30.9 Å². The molecule has 2 aromatic rings. The topological polar surface area (TPSA) is 12.4 Å². The summed E-state index contributed by atoms with van der Waals surface area (Å²) in [6, 6.07) is 21.2. The molecular formula is C17H19N. The number of aryl methyl sites for hydroxylation is 1. The van der Waals surface area contributed by atoms with Crippen molar-refractivity contribution in [1.29, 1.82) is 0 Å². The van der Waals surface area contributed by atoms with Gasteiger partial charge in [-0.1, -0.05) is 60.7 Å². The van der Waals surface area contributed by atoms with Gasteiger partial charge in [0.2, 0.25) is 0 Å². The SMILES string of the molecule is CC(CCc1ccccc1)N=Cc1ccccc1. The summed E-state index contributed by atoms with van der Waals surface area (Å²) in [5, 5.41) is 0. The highest BCUT2D eigenvalue weighted by Gasteiger charge is 1.99. The molecule has 1 unspecified atom stereocenters. The quantitative estimate of drug-likeness (QED) is 0.693. The fraction of sp³-hybridized carbons (Fsp3) is 0.235. The van der Waals surface area contributed by atoms with Gasteiger partial charge in [0.1, 0.15) is 0 Å². The number of hydrogen-bond acceptors (Lipinski definition) is 1. The Balaban J connectivity index is 1.82. The number of benzene rings is 2. The van der Waals surface area contributed by atoms with Crippen LogP contribution < -0.4 is 0 Å². The summed E-state index contributed by atoms with van der Waals surface area (Å²) in [4.78, 5) is 4.58. The molecule has 1 heteroatoms. The van der Waals surface area contributed by atoms with Gasteiger partial charge >= 0.3 is 0 Å². The van der Waals surface area contributed by atoms with Crippen LogP contribution in [0.15, 0.2) is 65.7 Å². The molecule has 0 spiro atoms. The molecule has 0 bridgehead atoms. The van der Waals surface area contributed by atoms with Crippen LogP contribution in [0.1, 0.15) is 24.5 Å². The average Bonchev–Trinajstić information content (AvgIpc) is 2.45. The van der Waals surface area contributed by atoms with Crippen molar-refractivity contribution < 1.29 is 0 Å². The van der Waals surface area contributed by atoms with Crippen LogP contribution in [0.2, 0.25) is 0 Å². The summed E-state index contributed by atoms with van der Waals surface area (Å²) in [6.45, 7) is 2.17. The molecule has 92 valence electrons. The summed E-state index contributed by atoms with van der Waals surface area (Å²) in [5.41, 5.74) is 2.56. The summed E-state index contributed by atoms with van der Waals surface area (Å²) >= 11 is 0. The van der Waals surface area contributed by atoms with Crippen molar-refractivity contribution in [3.8, 4) is 0 Å². The maximum Gasteiger partial charge on any atom is 0.0474 e. The van der Waals surface area contributed by atoms with E-state index in [4.69, 9.17) is 0 Å². The fourth-order valence-corrected chi connectivity index (χ4v) is 1.85. The number of hydrogen-bond donors (Lipinski definition) is 0. The molecule has 0 fully saturated rings. The van der Waals surface area contributed by atoms with Crippen LogP contribution in [-0.2, 0) is 6.42 Å². The Hall–Kier alpha value is -1.89. The van der Waals surface area contributed by atoms with Crippen LogP contribution in [0.4, 0.5) is 0 Å². The first kappa shape index (κ1) is 12.6. The van der Waals surface area contributed by atoms with E-state index in [1.807, 2.05) is 24.4 Å². The van der Waals surface area contributed by atoms with Crippen molar-refractivity contribution in [2.45, 2.75) is 25.8 Å². The molecule has 0 saturated heterocycles. The minimum absolute atomic E-state index is 0.366. The van der Waals surface area contributed by atoms with Crippen molar-refractivity contribution in [2.24, 2.45) is 4.99 Å². The fourth-order valence-electron chi connectivity index (χ4n) is 1.85. The second-order valence-corrected chi connectivity index (χ2v) is 4.56. The number of rotatable bonds is 5.